The molecule has 0 unspecified atom stereocenters. The fourth-order valence-corrected chi connectivity index (χ4v) is 9.94. The van der Waals surface area contributed by atoms with Gasteiger partial charge in [0.15, 0.2) is 24.5 Å². The van der Waals surface area contributed by atoms with Crippen molar-refractivity contribution in [2.45, 2.75) is 77.2 Å². The number of esters is 3. The largest absolute Gasteiger partial charge is 0.456 e. The van der Waals surface area contributed by atoms with Crippen molar-refractivity contribution >= 4 is 36.6 Å². The molecule has 1 aliphatic heterocycles. The summed E-state index contributed by atoms with van der Waals surface area (Å²) in [5.74, 6) is -1.89. The molecular weight excluding hydrogens is 546 g/mol. The van der Waals surface area contributed by atoms with Crippen LogP contribution in [0.15, 0.2) is 60.7 Å². The van der Waals surface area contributed by atoms with Gasteiger partial charge in [-0.05, 0) is 15.4 Å². The minimum atomic E-state index is -3.02. The van der Waals surface area contributed by atoms with Crippen LogP contribution in [0.4, 0.5) is 0 Å². The molecule has 0 spiro atoms. The number of likely N-dealkylation sites (N-methyl/N-ethyl adjacent to an activating group) is 1. The summed E-state index contributed by atoms with van der Waals surface area (Å²) >= 11 is 0. The van der Waals surface area contributed by atoms with Gasteiger partial charge >= 0.3 is 17.9 Å². The first kappa shape index (κ1) is 32.4. The van der Waals surface area contributed by atoms with E-state index in [0.29, 0.717) is 0 Å². The fourth-order valence-electron chi connectivity index (χ4n) is 5.37. The second-order valence-electron chi connectivity index (χ2n) is 11.0. The molecule has 10 nitrogen and oxygen atoms in total. The maximum absolute atomic E-state index is 12.3. The van der Waals surface area contributed by atoms with Crippen LogP contribution >= 0.6 is 0 Å². The molecule has 41 heavy (non-hydrogen) atoms. The summed E-state index contributed by atoms with van der Waals surface area (Å²) in [7, 11) is 0.0110. The molecule has 0 amide bonds. The standard InChI is InChI=1S/C30H41NO9Si/c1-20(32)37-26-25(40-29(31(7)35-8)28(39-22(3)34)27(26)38-21(2)33)19-36-41(30(4,5)6,23-15-11-9-12-16-23)24-17-13-10-14-18-24/h9-18,25-29H,19H2,1-8H3/t25-,26-,27+,28-,29-/m1/s1. The highest BCUT2D eigenvalue weighted by molar-refractivity contribution is 6.99. The summed E-state index contributed by atoms with van der Waals surface area (Å²) in [5, 5.41) is 3.13. The fraction of sp³-hybridized carbons (Fsp3) is 0.500. The Balaban J connectivity index is 2.14. The number of rotatable bonds is 10. The van der Waals surface area contributed by atoms with E-state index in [9.17, 15) is 14.4 Å². The van der Waals surface area contributed by atoms with Crippen molar-refractivity contribution in [3.63, 3.8) is 0 Å². The van der Waals surface area contributed by atoms with Gasteiger partial charge < -0.3 is 23.4 Å². The first-order chi connectivity index (χ1) is 19.3. The molecule has 3 rings (SSSR count). The highest BCUT2D eigenvalue weighted by Crippen LogP contribution is 2.38. The van der Waals surface area contributed by atoms with Gasteiger partial charge in [0.25, 0.3) is 8.32 Å². The number of hydroxylamine groups is 2. The lowest BCUT2D eigenvalue weighted by Crippen LogP contribution is -2.69. The molecule has 0 radical (unpaired) electrons. The maximum Gasteiger partial charge on any atom is 0.303 e. The van der Waals surface area contributed by atoms with Crippen LogP contribution in [0.25, 0.3) is 0 Å². The molecule has 224 valence electrons. The number of ether oxygens (including phenoxy) is 4. The van der Waals surface area contributed by atoms with E-state index < -0.39 is 56.9 Å². The Morgan fingerprint density at radius 1 is 0.780 bits per heavy atom. The van der Waals surface area contributed by atoms with Crippen LogP contribution < -0.4 is 10.4 Å². The minimum absolute atomic E-state index is 0.0240. The molecule has 1 heterocycles. The molecule has 0 N–H and O–H groups in total. The lowest BCUT2D eigenvalue weighted by Gasteiger charge is -2.48. The zero-order valence-corrected chi connectivity index (χ0v) is 26.0. The van der Waals surface area contributed by atoms with Gasteiger partial charge in [0.2, 0.25) is 0 Å². The third-order valence-electron chi connectivity index (χ3n) is 7.04. The Kier molecular flexibility index (Phi) is 10.8. The van der Waals surface area contributed by atoms with E-state index >= 15 is 0 Å². The first-order valence-corrected chi connectivity index (χ1v) is 15.4. The zero-order valence-electron chi connectivity index (χ0n) is 25.0. The molecule has 1 saturated heterocycles. The number of hydrogen-bond donors (Lipinski definition) is 0. The summed E-state index contributed by atoms with van der Waals surface area (Å²) in [6.07, 6.45) is -5.41. The van der Waals surface area contributed by atoms with Crippen LogP contribution in [0.1, 0.15) is 41.5 Å². The molecule has 0 bridgehead atoms. The molecule has 1 fully saturated rings. The quantitative estimate of drug-likeness (QED) is 0.178. The number of carbonyl (C=O) groups is 3. The van der Waals surface area contributed by atoms with Crippen molar-refractivity contribution < 1.29 is 42.6 Å². The average molecular weight is 588 g/mol. The highest BCUT2D eigenvalue weighted by Gasteiger charge is 2.56. The number of hydrogen-bond acceptors (Lipinski definition) is 10. The smallest absolute Gasteiger partial charge is 0.303 e. The van der Waals surface area contributed by atoms with Gasteiger partial charge in [-0.2, -0.15) is 5.06 Å². The molecule has 5 atom stereocenters. The molecule has 0 saturated carbocycles. The predicted octanol–water partition coefficient (Wildman–Crippen LogP) is 2.58. The SMILES string of the molecule is CON(C)[C@@H]1O[C@H](CO[Si](c2ccccc2)(c2ccccc2)C(C)(C)C)[C@@H](OC(C)=O)[C@H](OC(C)=O)[C@H]1OC(C)=O. The Morgan fingerprint density at radius 3 is 1.63 bits per heavy atom. The van der Waals surface area contributed by atoms with Crippen LogP contribution in [0.2, 0.25) is 5.04 Å². The lowest BCUT2D eigenvalue weighted by atomic mass is 9.97. The lowest BCUT2D eigenvalue weighted by molar-refractivity contribution is -0.323. The van der Waals surface area contributed by atoms with Crippen LogP contribution in [-0.2, 0) is 42.6 Å². The van der Waals surface area contributed by atoms with Gasteiger partial charge in [0.1, 0.15) is 6.10 Å². The Hall–Kier alpha value is -3.09. The van der Waals surface area contributed by atoms with E-state index in [1.807, 2.05) is 36.4 Å². The minimum Gasteiger partial charge on any atom is -0.456 e. The predicted molar refractivity (Wildman–Crippen MR) is 154 cm³/mol. The summed E-state index contributed by atoms with van der Waals surface area (Å²) in [4.78, 5) is 42.0. The second kappa shape index (κ2) is 13.7. The van der Waals surface area contributed by atoms with Crippen LogP contribution in [-0.4, -0.2) is 82.7 Å². The molecule has 11 heteroatoms. The number of benzene rings is 2. The second-order valence-corrected chi connectivity index (χ2v) is 15.3. The molecular formula is C30H41NO9Si. The normalized spacial score (nSPS) is 23.1. The Labute approximate surface area is 242 Å². The monoisotopic (exact) mass is 587 g/mol. The molecule has 2 aromatic carbocycles. The van der Waals surface area contributed by atoms with Crippen molar-refractivity contribution in [3.8, 4) is 0 Å². The summed E-state index contributed by atoms with van der Waals surface area (Å²) < 4.78 is 30.4. The van der Waals surface area contributed by atoms with Gasteiger partial charge in [-0.25, -0.2) is 0 Å². The van der Waals surface area contributed by atoms with Gasteiger partial charge in [0, 0.05) is 27.8 Å². The first-order valence-electron chi connectivity index (χ1n) is 13.5. The summed E-state index contributed by atoms with van der Waals surface area (Å²) in [6.45, 7) is 10.1. The molecule has 0 aliphatic carbocycles. The van der Waals surface area contributed by atoms with E-state index in [1.54, 1.807) is 7.05 Å². The van der Waals surface area contributed by atoms with Gasteiger partial charge in [0.05, 0.1) is 13.7 Å². The number of nitrogens with zero attached hydrogens (tertiary/aromatic N) is 1. The topological polar surface area (TPSA) is 110 Å². The van der Waals surface area contributed by atoms with E-state index in [0.717, 1.165) is 10.4 Å². The van der Waals surface area contributed by atoms with Crippen LogP contribution in [0.5, 0.6) is 0 Å². The van der Waals surface area contributed by atoms with Crippen molar-refractivity contribution in [3.05, 3.63) is 60.7 Å². The van der Waals surface area contributed by atoms with E-state index in [1.165, 1.54) is 32.9 Å². The summed E-state index contributed by atoms with van der Waals surface area (Å²) in [6, 6.07) is 20.1. The maximum atomic E-state index is 12.3. The van der Waals surface area contributed by atoms with Crippen molar-refractivity contribution in [2.24, 2.45) is 0 Å². The summed E-state index contributed by atoms with van der Waals surface area (Å²) in [5.41, 5.74) is 0. The van der Waals surface area contributed by atoms with E-state index in [-0.39, 0.29) is 11.6 Å². The molecule has 0 aromatic heterocycles. The van der Waals surface area contributed by atoms with Crippen molar-refractivity contribution in [2.75, 3.05) is 20.8 Å². The van der Waals surface area contributed by atoms with Gasteiger partial charge in [-0.3, -0.25) is 19.2 Å². The molecule has 1 aliphatic rings. The third-order valence-corrected chi connectivity index (χ3v) is 12.0. The Bertz CT molecular complexity index is 1130. The number of carbonyl (C=O) groups excluding carboxylic acids is 3. The Morgan fingerprint density at radius 2 is 1.22 bits per heavy atom. The van der Waals surface area contributed by atoms with Crippen LogP contribution in [0, 0.1) is 0 Å². The average Bonchev–Trinajstić information content (AvgIpc) is 2.91. The van der Waals surface area contributed by atoms with Gasteiger partial charge in [-0.15, -0.1) is 0 Å². The van der Waals surface area contributed by atoms with Crippen molar-refractivity contribution in [1.29, 1.82) is 0 Å². The van der Waals surface area contributed by atoms with Gasteiger partial charge in [-0.1, -0.05) is 81.4 Å². The highest BCUT2D eigenvalue weighted by atomic mass is 28.4. The van der Waals surface area contributed by atoms with Crippen molar-refractivity contribution in [1.82, 2.24) is 5.06 Å². The molecule has 2 aromatic rings. The van der Waals surface area contributed by atoms with E-state index in [4.69, 9.17) is 28.2 Å². The zero-order chi connectivity index (χ0) is 30.4. The third kappa shape index (κ3) is 7.41. The van der Waals surface area contributed by atoms with E-state index in [2.05, 4.69) is 45.0 Å². The van der Waals surface area contributed by atoms with Crippen LogP contribution in [0.3, 0.4) is 0 Å².